The van der Waals surface area contributed by atoms with Gasteiger partial charge in [-0.15, -0.1) is 0 Å². The number of nitrogens with zero attached hydrogens (tertiary/aromatic N) is 2. The molecule has 1 aromatic heterocycles. The van der Waals surface area contributed by atoms with Gasteiger partial charge >= 0.3 is 0 Å². The van der Waals surface area contributed by atoms with Gasteiger partial charge < -0.3 is 14.6 Å². The van der Waals surface area contributed by atoms with Crippen LogP contribution in [-0.2, 0) is 13.0 Å². The van der Waals surface area contributed by atoms with Crippen LogP contribution in [0.2, 0.25) is 0 Å². The number of rotatable bonds is 5. The summed E-state index contributed by atoms with van der Waals surface area (Å²) in [6, 6.07) is 5.85. The molecule has 1 saturated heterocycles. The zero-order valence-corrected chi connectivity index (χ0v) is 15.3. The Kier molecular flexibility index (Phi) is 5.41. The minimum absolute atomic E-state index is 0.140. The second kappa shape index (κ2) is 7.72. The van der Waals surface area contributed by atoms with Gasteiger partial charge in [0.2, 0.25) is 5.89 Å². The highest BCUT2D eigenvalue weighted by atomic mass is 16.4. The first-order chi connectivity index (χ1) is 12.1. The first-order valence-electron chi connectivity index (χ1n) is 9.14. The topological polar surface area (TPSA) is 58.4 Å². The number of aryl methyl sites for hydroxylation is 2. The van der Waals surface area contributed by atoms with Crippen LogP contribution in [0, 0.1) is 12.8 Å². The number of aromatic nitrogens is 1. The molecule has 0 unspecified atom stereocenters. The van der Waals surface area contributed by atoms with E-state index in [-0.39, 0.29) is 5.91 Å². The Morgan fingerprint density at radius 1 is 1.44 bits per heavy atom. The SMILES string of the molecule is CCc1cnc(CNc2ccc(C(=O)N3CCC[C@@H](C)C3)cc2C)o1. The van der Waals surface area contributed by atoms with Gasteiger partial charge in [0.1, 0.15) is 5.76 Å². The van der Waals surface area contributed by atoms with Gasteiger partial charge in [0, 0.05) is 30.8 Å². The minimum atomic E-state index is 0.140. The summed E-state index contributed by atoms with van der Waals surface area (Å²) in [5, 5.41) is 3.34. The zero-order valence-electron chi connectivity index (χ0n) is 15.3. The zero-order chi connectivity index (χ0) is 17.8. The molecule has 1 N–H and O–H groups in total. The maximum Gasteiger partial charge on any atom is 0.253 e. The lowest BCUT2D eigenvalue weighted by Crippen LogP contribution is -2.39. The summed E-state index contributed by atoms with van der Waals surface area (Å²) in [7, 11) is 0. The molecule has 0 radical (unpaired) electrons. The van der Waals surface area contributed by atoms with E-state index in [0.717, 1.165) is 48.5 Å². The fourth-order valence-corrected chi connectivity index (χ4v) is 3.32. The molecule has 5 heteroatoms. The fourth-order valence-electron chi connectivity index (χ4n) is 3.32. The van der Waals surface area contributed by atoms with Crippen LogP contribution in [0.4, 0.5) is 5.69 Å². The number of anilines is 1. The van der Waals surface area contributed by atoms with Crippen molar-refractivity contribution in [3.8, 4) is 0 Å². The van der Waals surface area contributed by atoms with Crippen LogP contribution in [0.15, 0.2) is 28.8 Å². The third-order valence-corrected chi connectivity index (χ3v) is 4.80. The molecule has 0 saturated carbocycles. The Balaban J connectivity index is 1.64. The molecule has 2 aromatic rings. The molecule has 0 spiro atoms. The Morgan fingerprint density at radius 2 is 2.28 bits per heavy atom. The molecule has 1 aliphatic heterocycles. The Bertz CT molecular complexity index is 738. The molecular formula is C20H27N3O2. The Labute approximate surface area is 149 Å². The summed E-state index contributed by atoms with van der Waals surface area (Å²) in [6.45, 7) is 8.54. The van der Waals surface area contributed by atoms with Gasteiger partial charge in [0.05, 0.1) is 12.7 Å². The number of oxazole rings is 1. The lowest BCUT2D eigenvalue weighted by Gasteiger charge is -2.31. The number of likely N-dealkylation sites (tertiary alicyclic amines) is 1. The highest BCUT2D eigenvalue weighted by Gasteiger charge is 2.22. The van der Waals surface area contributed by atoms with E-state index in [9.17, 15) is 4.79 Å². The molecule has 0 aliphatic carbocycles. The highest BCUT2D eigenvalue weighted by Crippen LogP contribution is 2.21. The molecule has 0 bridgehead atoms. The first kappa shape index (κ1) is 17.5. The van der Waals surface area contributed by atoms with E-state index in [4.69, 9.17) is 4.42 Å². The van der Waals surface area contributed by atoms with Crippen LogP contribution >= 0.6 is 0 Å². The van der Waals surface area contributed by atoms with Crippen molar-refractivity contribution in [2.24, 2.45) is 5.92 Å². The van der Waals surface area contributed by atoms with E-state index in [1.165, 1.54) is 6.42 Å². The molecule has 1 aliphatic rings. The summed E-state index contributed by atoms with van der Waals surface area (Å²) in [4.78, 5) is 18.9. The average Bonchev–Trinajstić information content (AvgIpc) is 3.08. The van der Waals surface area contributed by atoms with Gasteiger partial charge in [0.25, 0.3) is 5.91 Å². The van der Waals surface area contributed by atoms with E-state index in [1.54, 1.807) is 6.20 Å². The fraction of sp³-hybridized carbons (Fsp3) is 0.500. The lowest BCUT2D eigenvalue weighted by molar-refractivity contribution is 0.0683. The monoisotopic (exact) mass is 341 g/mol. The van der Waals surface area contributed by atoms with Gasteiger partial charge in [-0.1, -0.05) is 13.8 Å². The first-order valence-corrected chi connectivity index (χ1v) is 9.14. The maximum atomic E-state index is 12.7. The standard InChI is InChI=1S/C20H27N3O2/c1-4-17-11-22-19(25-17)12-21-18-8-7-16(10-15(18)3)20(24)23-9-5-6-14(2)13-23/h7-8,10-11,14,21H,4-6,9,12-13H2,1-3H3/t14-/m1/s1. The number of amides is 1. The van der Waals surface area contributed by atoms with Crippen molar-refractivity contribution < 1.29 is 9.21 Å². The van der Waals surface area contributed by atoms with E-state index < -0.39 is 0 Å². The normalized spacial score (nSPS) is 17.6. The number of piperidine rings is 1. The average molecular weight is 341 g/mol. The summed E-state index contributed by atoms with van der Waals surface area (Å²) in [6.07, 6.45) is 4.93. The number of carbonyl (C=O) groups is 1. The van der Waals surface area contributed by atoms with Crippen molar-refractivity contribution >= 4 is 11.6 Å². The maximum absolute atomic E-state index is 12.7. The molecule has 5 nitrogen and oxygen atoms in total. The van der Waals surface area contributed by atoms with Gasteiger partial charge in [-0.25, -0.2) is 4.98 Å². The van der Waals surface area contributed by atoms with Crippen LogP contribution in [0.5, 0.6) is 0 Å². The van der Waals surface area contributed by atoms with E-state index in [2.05, 4.69) is 17.2 Å². The second-order valence-electron chi connectivity index (χ2n) is 6.96. The van der Waals surface area contributed by atoms with E-state index in [0.29, 0.717) is 18.4 Å². The van der Waals surface area contributed by atoms with E-state index >= 15 is 0 Å². The van der Waals surface area contributed by atoms with Gasteiger partial charge in [-0.3, -0.25) is 4.79 Å². The summed E-state index contributed by atoms with van der Waals surface area (Å²) in [5.41, 5.74) is 2.82. The lowest BCUT2D eigenvalue weighted by atomic mass is 9.99. The molecule has 3 rings (SSSR count). The van der Waals surface area contributed by atoms with Gasteiger partial charge in [0.15, 0.2) is 0 Å². The van der Waals surface area contributed by atoms with Crippen LogP contribution in [0.3, 0.4) is 0 Å². The van der Waals surface area contributed by atoms with Crippen molar-refractivity contribution in [2.45, 2.75) is 46.6 Å². The van der Waals surface area contributed by atoms with Crippen LogP contribution < -0.4 is 5.32 Å². The Hall–Kier alpha value is -2.30. The molecule has 2 heterocycles. The number of benzene rings is 1. The predicted octanol–water partition coefficient (Wildman–Crippen LogP) is 4.03. The number of carbonyl (C=O) groups excluding carboxylic acids is 1. The molecule has 1 fully saturated rings. The quantitative estimate of drug-likeness (QED) is 0.892. The van der Waals surface area contributed by atoms with Crippen LogP contribution in [0.25, 0.3) is 0 Å². The predicted molar refractivity (Wildman–Crippen MR) is 98.7 cm³/mol. The van der Waals surface area contributed by atoms with Crippen molar-refractivity contribution in [3.05, 3.63) is 47.2 Å². The number of hydrogen-bond acceptors (Lipinski definition) is 4. The van der Waals surface area contributed by atoms with Gasteiger partial charge in [-0.05, 0) is 49.4 Å². The van der Waals surface area contributed by atoms with Crippen LogP contribution in [-0.4, -0.2) is 28.9 Å². The van der Waals surface area contributed by atoms with Crippen molar-refractivity contribution in [1.82, 2.24) is 9.88 Å². The van der Waals surface area contributed by atoms with Crippen molar-refractivity contribution in [3.63, 3.8) is 0 Å². The van der Waals surface area contributed by atoms with Crippen molar-refractivity contribution in [2.75, 3.05) is 18.4 Å². The summed E-state index contributed by atoms with van der Waals surface area (Å²) < 4.78 is 5.61. The molecule has 25 heavy (non-hydrogen) atoms. The smallest absolute Gasteiger partial charge is 0.253 e. The second-order valence-corrected chi connectivity index (χ2v) is 6.96. The number of nitrogens with one attached hydrogen (secondary N) is 1. The molecule has 1 atom stereocenters. The molecule has 1 aromatic carbocycles. The van der Waals surface area contributed by atoms with Gasteiger partial charge in [-0.2, -0.15) is 0 Å². The third kappa shape index (κ3) is 4.21. The van der Waals surface area contributed by atoms with Crippen LogP contribution in [0.1, 0.15) is 54.3 Å². The minimum Gasteiger partial charge on any atom is -0.444 e. The molecular weight excluding hydrogens is 314 g/mol. The Morgan fingerprint density at radius 3 is 2.96 bits per heavy atom. The summed E-state index contributed by atoms with van der Waals surface area (Å²) >= 11 is 0. The van der Waals surface area contributed by atoms with E-state index in [1.807, 2.05) is 36.9 Å². The third-order valence-electron chi connectivity index (χ3n) is 4.80. The summed E-state index contributed by atoms with van der Waals surface area (Å²) in [5.74, 6) is 2.30. The van der Waals surface area contributed by atoms with Crippen molar-refractivity contribution in [1.29, 1.82) is 0 Å². The highest BCUT2D eigenvalue weighted by molar-refractivity contribution is 5.95. The molecule has 134 valence electrons. The molecule has 1 amide bonds. The largest absolute Gasteiger partial charge is 0.444 e. The number of hydrogen-bond donors (Lipinski definition) is 1.